The normalized spacial score (nSPS) is 10.7. The lowest BCUT2D eigenvalue weighted by atomic mass is 10.2. The second kappa shape index (κ2) is 6.36. The molecule has 0 atom stereocenters. The Kier molecular flexibility index (Phi) is 4.79. The highest BCUT2D eigenvalue weighted by Crippen LogP contribution is 2.20. The van der Waals surface area contributed by atoms with Gasteiger partial charge in [0.15, 0.2) is 0 Å². The first kappa shape index (κ1) is 14.3. The van der Waals surface area contributed by atoms with E-state index in [-0.39, 0.29) is 5.97 Å². The lowest BCUT2D eigenvalue weighted by Gasteiger charge is -1.99. The van der Waals surface area contributed by atoms with Crippen LogP contribution in [0.2, 0.25) is 0 Å². The van der Waals surface area contributed by atoms with Gasteiger partial charge in [0.25, 0.3) is 0 Å². The molecule has 0 bridgehead atoms. The van der Waals surface area contributed by atoms with Crippen LogP contribution in [0.25, 0.3) is 0 Å². The van der Waals surface area contributed by atoms with Gasteiger partial charge in [-0.15, -0.1) is 11.3 Å². The van der Waals surface area contributed by atoms with Gasteiger partial charge >= 0.3 is 5.97 Å². The van der Waals surface area contributed by atoms with E-state index in [1.807, 2.05) is 5.38 Å². The summed E-state index contributed by atoms with van der Waals surface area (Å²) in [5, 5.41) is 5.32. The fourth-order valence-corrected chi connectivity index (χ4v) is 3.12. The van der Waals surface area contributed by atoms with Crippen molar-refractivity contribution in [2.45, 2.75) is 20.0 Å². The van der Waals surface area contributed by atoms with E-state index in [1.54, 1.807) is 24.3 Å². The monoisotopic (exact) mass is 343 g/mol. The summed E-state index contributed by atoms with van der Waals surface area (Å²) in [5.74, 6) is 0.950. The Balaban J connectivity index is 1.91. The zero-order valence-corrected chi connectivity index (χ0v) is 13.1. The van der Waals surface area contributed by atoms with Crippen molar-refractivity contribution < 1.29 is 13.9 Å². The van der Waals surface area contributed by atoms with Crippen LogP contribution < -0.4 is 5.32 Å². The van der Waals surface area contributed by atoms with E-state index in [2.05, 4.69) is 32.0 Å². The van der Waals surface area contributed by atoms with Crippen molar-refractivity contribution in [1.29, 1.82) is 0 Å². The number of rotatable bonds is 5. The summed E-state index contributed by atoms with van der Waals surface area (Å²) in [6, 6.07) is 3.80. The largest absolute Gasteiger partial charge is 0.465 e. The smallest absolute Gasteiger partial charge is 0.341 e. The van der Waals surface area contributed by atoms with Gasteiger partial charge in [-0.3, -0.25) is 0 Å². The van der Waals surface area contributed by atoms with E-state index < -0.39 is 0 Å². The van der Waals surface area contributed by atoms with Crippen LogP contribution in [0.3, 0.4) is 0 Å². The van der Waals surface area contributed by atoms with Gasteiger partial charge in [0.1, 0.15) is 17.1 Å². The van der Waals surface area contributed by atoms with Crippen molar-refractivity contribution in [2.24, 2.45) is 0 Å². The standard InChI is InChI=1S/C13H14BrNO3S/c1-8-12(13(16)17-2)4-10(18-8)5-15-6-11-3-9(14)7-19-11/h3-4,7,15H,5-6H2,1-2H3. The molecule has 0 spiro atoms. The minimum absolute atomic E-state index is 0.366. The first-order valence-electron chi connectivity index (χ1n) is 5.71. The molecule has 1 N–H and O–H groups in total. The van der Waals surface area contributed by atoms with Crippen molar-refractivity contribution in [3.63, 3.8) is 0 Å². The predicted octanol–water partition coefficient (Wildman–Crippen LogP) is 3.49. The minimum Gasteiger partial charge on any atom is -0.465 e. The Morgan fingerprint density at radius 3 is 2.89 bits per heavy atom. The number of halogens is 1. The number of esters is 1. The number of carbonyl (C=O) groups is 1. The Bertz CT molecular complexity index is 576. The summed E-state index contributed by atoms with van der Waals surface area (Å²) in [7, 11) is 1.36. The average molecular weight is 344 g/mol. The van der Waals surface area contributed by atoms with E-state index >= 15 is 0 Å². The molecule has 2 aromatic heterocycles. The number of thiophene rings is 1. The number of ether oxygens (including phenoxy) is 1. The molecule has 0 aliphatic heterocycles. The lowest BCUT2D eigenvalue weighted by Crippen LogP contribution is -2.11. The molecule has 19 heavy (non-hydrogen) atoms. The zero-order chi connectivity index (χ0) is 13.8. The number of carbonyl (C=O) groups excluding carboxylic acids is 1. The van der Waals surface area contributed by atoms with Crippen LogP contribution in [-0.4, -0.2) is 13.1 Å². The van der Waals surface area contributed by atoms with Gasteiger partial charge in [0, 0.05) is 21.3 Å². The summed E-state index contributed by atoms with van der Waals surface area (Å²) in [6.45, 7) is 3.10. The number of aryl methyl sites for hydroxylation is 1. The molecule has 0 saturated carbocycles. The van der Waals surface area contributed by atoms with Crippen LogP contribution in [0.4, 0.5) is 0 Å². The van der Waals surface area contributed by atoms with Gasteiger partial charge in [-0.2, -0.15) is 0 Å². The number of methoxy groups -OCH3 is 1. The highest BCUT2D eigenvalue weighted by molar-refractivity contribution is 9.10. The summed E-state index contributed by atoms with van der Waals surface area (Å²) in [5.41, 5.74) is 0.484. The van der Waals surface area contributed by atoms with Gasteiger partial charge in [0.05, 0.1) is 13.7 Å². The molecule has 102 valence electrons. The quantitative estimate of drug-likeness (QED) is 0.844. The molecular weight excluding hydrogens is 330 g/mol. The van der Waals surface area contributed by atoms with Crippen molar-refractivity contribution in [3.8, 4) is 0 Å². The predicted molar refractivity (Wildman–Crippen MR) is 77.3 cm³/mol. The average Bonchev–Trinajstić information content (AvgIpc) is 2.95. The van der Waals surface area contributed by atoms with Gasteiger partial charge in [0.2, 0.25) is 0 Å². The van der Waals surface area contributed by atoms with E-state index in [1.165, 1.54) is 12.0 Å². The summed E-state index contributed by atoms with van der Waals surface area (Å²) in [4.78, 5) is 12.7. The maximum atomic E-state index is 11.4. The SMILES string of the molecule is COC(=O)c1cc(CNCc2cc(Br)cs2)oc1C. The number of hydrogen-bond donors (Lipinski definition) is 1. The van der Waals surface area contributed by atoms with Crippen LogP contribution in [-0.2, 0) is 17.8 Å². The molecule has 6 heteroatoms. The molecule has 0 aliphatic carbocycles. The molecule has 0 aliphatic rings. The maximum Gasteiger partial charge on any atom is 0.341 e. The molecule has 2 aromatic rings. The molecule has 4 nitrogen and oxygen atoms in total. The van der Waals surface area contributed by atoms with Crippen LogP contribution in [0.1, 0.15) is 26.8 Å². The second-order valence-corrected chi connectivity index (χ2v) is 5.92. The fourth-order valence-electron chi connectivity index (χ4n) is 1.70. The molecule has 0 aromatic carbocycles. The first-order valence-corrected chi connectivity index (χ1v) is 7.38. The zero-order valence-electron chi connectivity index (χ0n) is 10.7. The summed E-state index contributed by atoms with van der Waals surface area (Å²) >= 11 is 5.11. The fraction of sp³-hybridized carbons (Fsp3) is 0.308. The Morgan fingerprint density at radius 2 is 2.26 bits per heavy atom. The second-order valence-electron chi connectivity index (χ2n) is 4.01. The van der Waals surface area contributed by atoms with Crippen molar-refractivity contribution in [1.82, 2.24) is 5.32 Å². The van der Waals surface area contributed by atoms with E-state index in [0.717, 1.165) is 16.8 Å². The number of hydrogen-bond acceptors (Lipinski definition) is 5. The van der Waals surface area contributed by atoms with Crippen LogP contribution in [0.5, 0.6) is 0 Å². The Labute approximate surface area is 123 Å². The molecule has 0 saturated heterocycles. The molecule has 0 fully saturated rings. The Morgan fingerprint density at radius 1 is 1.47 bits per heavy atom. The minimum atomic E-state index is -0.366. The topological polar surface area (TPSA) is 51.5 Å². The number of furan rings is 1. The molecule has 0 radical (unpaired) electrons. The Hall–Kier alpha value is -1.11. The molecular formula is C13H14BrNO3S. The molecule has 0 amide bonds. The van der Waals surface area contributed by atoms with Crippen LogP contribution in [0.15, 0.2) is 26.4 Å². The first-order chi connectivity index (χ1) is 9.10. The van der Waals surface area contributed by atoms with Gasteiger partial charge in [-0.25, -0.2) is 4.79 Å². The van der Waals surface area contributed by atoms with E-state index in [4.69, 9.17) is 4.42 Å². The van der Waals surface area contributed by atoms with Crippen molar-refractivity contribution in [3.05, 3.63) is 43.9 Å². The third-order valence-corrected chi connectivity index (χ3v) is 4.29. The van der Waals surface area contributed by atoms with Crippen LogP contribution >= 0.6 is 27.3 Å². The van der Waals surface area contributed by atoms with Gasteiger partial charge in [-0.05, 0) is 35.0 Å². The molecule has 0 unspecified atom stereocenters. The highest BCUT2D eigenvalue weighted by Gasteiger charge is 2.14. The van der Waals surface area contributed by atoms with Gasteiger partial charge in [-0.1, -0.05) is 0 Å². The summed E-state index contributed by atoms with van der Waals surface area (Å²) < 4.78 is 11.3. The van der Waals surface area contributed by atoms with Gasteiger partial charge < -0.3 is 14.5 Å². The maximum absolute atomic E-state index is 11.4. The molecule has 2 rings (SSSR count). The summed E-state index contributed by atoms with van der Waals surface area (Å²) in [6.07, 6.45) is 0. The van der Waals surface area contributed by atoms with E-state index in [9.17, 15) is 4.79 Å². The van der Waals surface area contributed by atoms with E-state index in [0.29, 0.717) is 17.9 Å². The van der Waals surface area contributed by atoms with Crippen molar-refractivity contribution >= 4 is 33.2 Å². The lowest BCUT2D eigenvalue weighted by molar-refractivity contribution is 0.0599. The van der Waals surface area contributed by atoms with Crippen molar-refractivity contribution in [2.75, 3.05) is 7.11 Å². The highest BCUT2D eigenvalue weighted by atomic mass is 79.9. The molecule has 2 heterocycles. The third kappa shape index (κ3) is 3.68. The van der Waals surface area contributed by atoms with Crippen LogP contribution in [0, 0.1) is 6.92 Å². The third-order valence-electron chi connectivity index (χ3n) is 2.59. The number of nitrogens with one attached hydrogen (secondary N) is 1.